The van der Waals surface area contributed by atoms with Crippen molar-refractivity contribution >= 4 is 5.91 Å². The molecule has 0 aliphatic heterocycles. The van der Waals surface area contributed by atoms with Gasteiger partial charge < -0.3 is 16.0 Å². The predicted octanol–water partition coefficient (Wildman–Crippen LogP) is -0.277. The number of hydrogen-bond acceptors (Lipinski definition) is 4. The van der Waals surface area contributed by atoms with Crippen molar-refractivity contribution in [3.05, 3.63) is 0 Å². The number of amides is 1. The van der Waals surface area contributed by atoms with Crippen molar-refractivity contribution in [1.82, 2.24) is 15.1 Å². The molecule has 0 aromatic carbocycles. The molecule has 3 N–H and O–H groups in total. The van der Waals surface area contributed by atoms with Gasteiger partial charge in [0.2, 0.25) is 5.91 Å². The van der Waals surface area contributed by atoms with Gasteiger partial charge in [-0.05, 0) is 33.6 Å². The van der Waals surface area contributed by atoms with Crippen LogP contribution in [0.3, 0.4) is 0 Å². The van der Waals surface area contributed by atoms with Crippen LogP contribution in [0, 0.1) is 0 Å². The molecule has 0 bridgehead atoms. The molecule has 1 amide bonds. The Kier molecular flexibility index (Phi) is 9.03. The maximum atomic E-state index is 11.3. The number of nitrogens with two attached hydrogens (primary N) is 1. The van der Waals surface area contributed by atoms with Crippen LogP contribution >= 0.6 is 0 Å². The third-order valence-electron chi connectivity index (χ3n) is 2.64. The standard InChI is InChI=1S/C12H28N4O/c1-5-7-16(9-8-15(3)4)10-11(12(13)17)14-6-2/h11,14H,5-10H2,1-4H3,(H2,13,17). The molecule has 0 fully saturated rings. The van der Waals surface area contributed by atoms with Gasteiger partial charge in [0.15, 0.2) is 0 Å². The topological polar surface area (TPSA) is 61.6 Å². The first-order valence-corrected chi connectivity index (χ1v) is 6.41. The molecular formula is C12H28N4O. The zero-order chi connectivity index (χ0) is 13.3. The van der Waals surface area contributed by atoms with Gasteiger partial charge in [0.25, 0.3) is 0 Å². The summed E-state index contributed by atoms with van der Waals surface area (Å²) in [6.07, 6.45) is 1.09. The minimum Gasteiger partial charge on any atom is -0.368 e. The van der Waals surface area contributed by atoms with Crippen molar-refractivity contribution in [3.63, 3.8) is 0 Å². The van der Waals surface area contributed by atoms with Crippen LogP contribution in [-0.4, -0.2) is 68.6 Å². The lowest BCUT2D eigenvalue weighted by Crippen LogP contribution is -2.50. The third-order valence-corrected chi connectivity index (χ3v) is 2.64. The maximum absolute atomic E-state index is 11.3. The largest absolute Gasteiger partial charge is 0.368 e. The van der Waals surface area contributed by atoms with Crippen molar-refractivity contribution in [2.75, 3.05) is 46.8 Å². The molecule has 0 spiro atoms. The Morgan fingerprint density at radius 3 is 2.29 bits per heavy atom. The smallest absolute Gasteiger partial charge is 0.235 e. The van der Waals surface area contributed by atoms with Crippen molar-refractivity contribution < 1.29 is 4.79 Å². The molecule has 0 aliphatic carbocycles. The van der Waals surface area contributed by atoms with E-state index in [0.29, 0.717) is 6.54 Å². The minimum absolute atomic E-state index is 0.242. The van der Waals surface area contributed by atoms with Crippen LogP contribution in [-0.2, 0) is 4.79 Å². The molecule has 5 heteroatoms. The van der Waals surface area contributed by atoms with Crippen molar-refractivity contribution in [2.45, 2.75) is 26.3 Å². The fraction of sp³-hybridized carbons (Fsp3) is 0.917. The predicted molar refractivity (Wildman–Crippen MR) is 71.9 cm³/mol. The number of hydrogen-bond donors (Lipinski definition) is 2. The van der Waals surface area contributed by atoms with E-state index < -0.39 is 0 Å². The molecule has 17 heavy (non-hydrogen) atoms. The Bertz CT molecular complexity index is 209. The highest BCUT2D eigenvalue weighted by atomic mass is 16.1. The Morgan fingerprint density at radius 2 is 1.88 bits per heavy atom. The zero-order valence-corrected chi connectivity index (χ0v) is 11.7. The Balaban J connectivity index is 4.22. The van der Waals surface area contributed by atoms with Gasteiger partial charge in [-0.1, -0.05) is 13.8 Å². The van der Waals surface area contributed by atoms with Crippen LogP contribution in [0.1, 0.15) is 20.3 Å². The van der Waals surface area contributed by atoms with Gasteiger partial charge in [0, 0.05) is 19.6 Å². The lowest BCUT2D eigenvalue weighted by atomic mass is 10.2. The van der Waals surface area contributed by atoms with Crippen LogP contribution in [0.25, 0.3) is 0 Å². The summed E-state index contributed by atoms with van der Waals surface area (Å²) >= 11 is 0. The molecule has 0 rings (SSSR count). The van der Waals surface area contributed by atoms with Gasteiger partial charge >= 0.3 is 0 Å². The highest BCUT2D eigenvalue weighted by Gasteiger charge is 2.17. The number of carbonyl (C=O) groups is 1. The van der Waals surface area contributed by atoms with E-state index in [1.54, 1.807) is 0 Å². The van der Waals surface area contributed by atoms with E-state index >= 15 is 0 Å². The highest BCUT2D eigenvalue weighted by Crippen LogP contribution is 1.96. The van der Waals surface area contributed by atoms with Gasteiger partial charge in [0.1, 0.15) is 0 Å². The minimum atomic E-state index is -0.266. The molecule has 0 aromatic rings. The summed E-state index contributed by atoms with van der Waals surface area (Å²) in [6.45, 7) is 8.57. The van der Waals surface area contributed by atoms with Gasteiger partial charge in [-0.25, -0.2) is 0 Å². The second kappa shape index (κ2) is 9.39. The van der Waals surface area contributed by atoms with E-state index in [0.717, 1.165) is 32.6 Å². The van der Waals surface area contributed by atoms with Crippen LogP contribution in [0.5, 0.6) is 0 Å². The number of likely N-dealkylation sites (N-methyl/N-ethyl adjacent to an activating group) is 2. The number of rotatable bonds is 10. The Morgan fingerprint density at radius 1 is 1.24 bits per heavy atom. The van der Waals surface area contributed by atoms with E-state index in [1.165, 1.54) is 0 Å². The number of nitrogens with zero attached hydrogens (tertiary/aromatic N) is 2. The lowest BCUT2D eigenvalue weighted by molar-refractivity contribution is -0.120. The average Bonchev–Trinajstić information content (AvgIpc) is 2.25. The number of nitrogens with one attached hydrogen (secondary N) is 1. The number of primary amides is 1. The second-order valence-electron chi connectivity index (χ2n) is 4.62. The maximum Gasteiger partial charge on any atom is 0.235 e. The molecule has 1 atom stereocenters. The normalized spacial score (nSPS) is 13.3. The molecule has 0 radical (unpaired) electrons. The fourth-order valence-electron chi connectivity index (χ4n) is 1.71. The first-order chi connectivity index (χ1) is 8.01. The van der Waals surface area contributed by atoms with Crippen molar-refractivity contribution in [2.24, 2.45) is 5.73 Å². The molecule has 0 aromatic heterocycles. The first-order valence-electron chi connectivity index (χ1n) is 6.41. The summed E-state index contributed by atoms with van der Waals surface area (Å²) in [5.74, 6) is -0.266. The Labute approximate surface area is 105 Å². The van der Waals surface area contributed by atoms with E-state index in [1.807, 2.05) is 6.92 Å². The molecule has 102 valence electrons. The summed E-state index contributed by atoms with van der Waals surface area (Å²) in [6, 6.07) is -0.242. The molecule has 0 aliphatic rings. The first kappa shape index (κ1) is 16.4. The molecule has 0 saturated carbocycles. The van der Waals surface area contributed by atoms with Gasteiger partial charge in [0.05, 0.1) is 6.04 Å². The third kappa shape index (κ3) is 8.12. The van der Waals surface area contributed by atoms with E-state index in [2.05, 4.69) is 36.1 Å². The average molecular weight is 244 g/mol. The van der Waals surface area contributed by atoms with E-state index in [4.69, 9.17) is 5.73 Å². The van der Waals surface area contributed by atoms with Gasteiger partial charge in [-0.2, -0.15) is 0 Å². The summed E-state index contributed by atoms with van der Waals surface area (Å²) < 4.78 is 0. The zero-order valence-electron chi connectivity index (χ0n) is 11.7. The quantitative estimate of drug-likeness (QED) is 0.555. The fourth-order valence-corrected chi connectivity index (χ4v) is 1.71. The lowest BCUT2D eigenvalue weighted by Gasteiger charge is -2.27. The summed E-state index contributed by atoms with van der Waals surface area (Å²) in [7, 11) is 4.11. The highest BCUT2D eigenvalue weighted by molar-refractivity contribution is 5.80. The Hall–Kier alpha value is -0.650. The van der Waals surface area contributed by atoms with Gasteiger partial charge in [-0.15, -0.1) is 0 Å². The molecular weight excluding hydrogens is 216 g/mol. The summed E-state index contributed by atoms with van der Waals surface area (Å²) in [5, 5.41) is 3.13. The summed E-state index contributed by atoms with van der Waals surface area (Å²) in [4.78, 5) is 15.7. The van der Waals surface area contributed by atoms with Crippen molar-refractivity contribution in [1.29, 1.82) is 0 Å². The second-order valence-corrected chi connectivity index (χ2v) is 4.62. The molecule has 5 nitrogen and oxygen atoms in total. The monoisotopic (exact) mass is 244 g/mol. The van der Waals surface area contributed by atoms with Crippen LogP contribution in [0.2, 0.25) is 0 Å². The van der Waals surface area contributed by atoms with Crippen LogP contribution in [0.4, 0.5) is 0 Å². The van der Waals surface area contributed by atoms with Crippen LogP contribution < -0.4 is 11.1 Å². The SMILES string of the molecule is CCCN(CCN(C)C)CC(NCC)C(N)=O. The van der Waals surface area contributed by atoms with E-state index in [-0.39, 0.29) is 11.9 Å². The molecule has 0 heterocycles. The number of carbonyl (C=O) groups excluding carboxylic acids is 1. The molecule has 1 unspecified atom stereocenters. The summed E-state index contributed by atoms with van der Waals surface area (Å²) in [5.41, 5.74) is 5.38. The molecule has 0 saturated heterocycles. The van der Waals surface area contributed by atoms with E-state index in [9.17, 15) is 4.79 Å². The van der Waals surface area contributed by atoms with Crippen LogP contribution in [0.15, 0.2) is 0 Å². The van der Waals surface area contributed by atoms with Crippen molar-refractivity contribution in [3.8, 4) is 0 Å². The van der Waals surface area contributed by atoms with Gasteiger partial charge in [-0.3, -0.25) is 9.69 Å².